The normalized spacial score (nSPS) is 10.5. The number of carbonyl (C=O) groups excluding carboxylic acids is 1. The third-order valence-electron chi connectivity index (χ3n) is 4.09. The van der Waals surface area contributed by atoms with Crippen molar-refractivity contribution in [3.63, 3.8) is 0 Å². The summed E-state index contributed by atoms with van der Waals surface area (Å²) in [5.41, 5.74) is 4.60. The summed E-state index contributed by atoms with van der Waals surface area (Å²) in [6.07, 6.45) is 0.677. The van der Waals surface area contributed by atoms with Gasteiger partial charge in [-0.3, -0.25) is 4.79 Å². The molecule has 0 aliphatic rings. The SMILES string of the molecule is Cc1cccc(Oc2cc(F)cc(Nc3ccc(C)cc3C)c2C=O)c1. The Kier molecular flexibility index (Phi) is 5.03. The minimum absolute atomic E-state index is 0.179. The van der Waals surface area contributed by atoms with Crippen LogP contribution in [0.2, 0.25) is 0 Å². The molecule has 132 valence electrons. The van der Waals surface area contributed by atoms with Crippen LogP contribution in [0.1, 0.15) is 27.0 Å². The molecule has 1 N–H and O–H groups in total. The second kappa shape index (κ2) is 7.40. The van der Waals surface area contributed by atoms with Crippen LogP contribution in [-0.4, -0.2) is 6.29 Å². The van der Waals surface area contributed by atoms with Crippen molar-refractivity contribution in [2.24, 2.45) is 0 Å². The molecule has 0 aromatic heterocycles. The first kappa shape index (κ1) is 17.7. The molecule has 3 nitrogen and oxygen atoms in total. The Labute approximate surface area is 152 Å². The highest BCUT2D eigenvalue weighted by Gasteiger charge is 2.14. The van der Waals surface area contributed by atoms with Crippen molar-refractivity contribution >= 4 is 17.7 Å². The summed E-state index contributed by atoms with van der Waals surface area (Å²) in [4.78, 5) is 11.7. The Hall–Kier alpha value is -3.14. The lowest BCUT2D eigenvalue weighted by Crippen LogP contribution is -2.01. The molecule has 0 saturated carbocycles. The molecule has 0 heterocycles. The highest BCUT2D eigenvalue weighted by Crippen LogP contribution is 2.33. The molecule has 0 fully saturated rings. The summed E-state index contributed by atoms with van der Waals surface area (Å²) in [6, 6.07) is 15.8. The fourth-order valence-electron chi connectivity index (χ4n) is 2.81. The molecule has 0 unspecified atom stereocenters. The van der Waals surface area contributed by atoms with Crippen LogP contribution in [0.4, 0.5) is 15.8 Å². The van der Waals surface area contributed by atoms with E-state index in [1.165, 1.54) is 12.1 Å². The van der Waals surface area contributed by atoms with Gasteiger partial charge < -0.3 is 10.1 Å². The predicted octanol–water partition coefficient (Wildman–Crippen LogP) is 6.10. The molecule has 0 aliphatic heterocycles. The van der Waals surface area contributed by atoms with Gasteiger partial charge in [0.25, 0.3) is 0 Å². The Bertz CT molecular complexity index is 966. The molecule has 3 aromatic rings. The molecule has 0 bridgehead atoms. The van der Waals surface area contributed by atoms with Crippen molar-refractivity contribution in [3.05, 3.63) is 82.7 Å². The highest BCUT2D eigenvalue weighted by atomic mass is 19.1. The Morgan fingerprint density at radius 3 is 2.38 bits per heavy atom. The fourth-order valence-corrected chi connectivity index (χ4v) is 2.81. The number of ether oxygens (including phenoxy) is 1. The molecule has 0 aliphatic carbocycles. The summed E-state index contributed by atoms with van der Waals surface area (Å²) in [5, 5.41) is 3.15. The first-order chi connectivity index (χ1) is 12.5. The minimum atomic E-state index is -0.481. The number of halogens is 1. The maximum absolute atomic E-state index is 14.2. The maximum Gasteiger partial charge on any atom is 0.155 e. The molecular weight excluding hydrogens is 329 g/mol. The summed E-state index contributed by atoms with van der Waals surface area (Å²) < 4.78 is 19.9. The van der Waals surface area contributed by atoms with Crippen molar-refractivity contribution in [1.82, 2.24) is 0 Å². The van der Waals surface area contributed by atoms with E-state index in [2.05, 4.69) is 5.32 Å². The van der Waals surface area contributed by atoms with Gasteiger partial charge in [0.05, 0.1) is 11.3 Å². The molecule has 3 rings (SSSR count). The van der Waals surface area contributed by atoms with E-state index < -0.39 is 5.82 Å². The molecule has 26 heavy (non-hydrogen) atoms. The largest absolute Gasteiger partial charge is 0.456 e. The van der Waals surface area contributed by atoms with Crippen LogP contribution in [0.15, 0.2) is 54.6 Å². The average molecular weight is 349 g/mol. The van der Waals surface area contributed by atoms with Gasteiger partial charge in [-0.1, -0.05) is 29.8 Å². The van der Waals surface area contributed by atoms with Crippen LogP contribution >= 0.6 is 0 Å². The first-order valence-corrected chi connectivity index (χ1v) is 8.34. The second-order valence-corrected chi connectivity index (χ2v) is 6.34. The van der Waals surface area contributed by atoms with E-state index in [4.69, 9.17) is 4.74 Å². The second-order valence-electron chi connectivity index (χ2n) is 6.34. The Morgan fingerprint density at radius 2 is 1.69 bits per heavy atom. The van der Waals surface area contributed by atoms with E-state index in [9.17, 15) is 9.18 Å². The number of carbonyl (C=O) groups is 1. The van der Waals surface area contributed by atoms with Crippen LogP contribution in [-0.2, 0) is 0 Å². The summed E-state index contributed by atoms with van der Waals surface area (Å²) in [5.74, 6) is 0.250. The maximum atomic E-state index is 14.2. The zero-order chi connectivity index (χ0) is 18.7. The molecule has 3 aromatic carbocycles. The van der Waals surface area contributed by atoms with Crippen LogP contribution < -0.4 is 10.1 Å². The molecule has 0 atom stereocenters. The van der Waals surface area contributed by atoms with Crippen LogP contribution in [0.25, 0.3) is 0 Å². The van der Waals surface area contributed by atoms with Gasteiger partial charge in [0.15, 0.2) is 6.29 Å². The van der Waals surface area contributed by atoms with Gasteiger partial charge in [-0.2, -0.15) is 0 Å². The van der Waals surface area contributed by atoms with Crippen molar-refractivity contribution in [1.29, 1.82) is 0 Å². The van der Waals surface area contributed by atoms with Crippen LogP contribution in [0.5, 0.6) is 11.5 Å². The van der Waals surface area contributed by atoms with E-state index in [1.54, 1.807) is 6.07 Å². The van der Waals surface area contributed by atoms with Crippen molar-refractivity contribution < 1.29 is 13.9 Å². The topological polar surface area (TPSA) is 38.3 Å². The molecule has 4 heteroatoms. The lowest BCUT2D eigenvalue weighted by Gasteiger charge is -2.15. The Morgan fingerprint density at radius 1 is 0.923 bits per heavy atom. The van der Waals surface area contributed by atoms with Gasteiger partial charge in [0.2, 0.25) is 0 Å². The van der Waals surface area contributed by atoms with Gasteiger partial charge in [-0.25, -0.2) is 4.39 Å². The van der Waals surface area contributed by atoms with Gasteiger partial charge in [0, 0.05) is 11.8 Å². The van der Waals surface area contributed by atoms with E-state index >= 15 is 0 Å². The molecular formula is C22H20FNO2. The third-order valence-corrected chi connectivity index (χ3v) is 4.09. The molecule has 0 amide bonds. The smallest absolute Gasteiger partial charge is 0.155 e. The lowest BCUT2D eigenvalue weighted by molar-refractivity contribution is 0.112. The zero-order valence-corrected chi connectivity index (χ0v) is 15.0. The average Bonchev–Trinajstić information content (AvgIpc) is 2.57. The van der Waals surface area contributed by atoms with Gasteiger partial charge in [-0.05, 0) is 56.2 Å². The quantitative estimate of drug-likeness (QED) is 0.566. The monoisotopic (exact) mass is 349 g/mol. The lowest BCUT2D eigenvalue weighted by atomic mass is 10.1. The summed E-state index contributed by atoms with van der Waals surface area (Å²) >= 11 is 0. The molecule has 0 saturated heterocycles. The molecule has 0 spiro atoms. The van der Waals surface area contributed by atoms with Crippen molar-refractivity contribution in [2.75, 3.05) is 5.32 Å². The number of anilines is 2. The van der Waals surface area contributed by atoms with Gasteiger partial charge in [-0.15, -0.1) is 0 Å². The number of rotatable bonds is 5. The zero-order valence-electron chi connectivity index (χ0n) is 15.0. The Balaban J connectivity index is 2.00. The number of benzene rings is 3. The standard InChI is InChI=1S/C22H20FNO2/c1-14-5-4-6-18(10-14)26-22-12-17(23)11-21(19(22)13-25)24-20-8-7-15(2)9-16(20)3/h4-13,24H,1-3H3. The van der Waals surface area contributed by atoms with Crippen LogP contribution in [0, 0.1) is 26.6 Å². The number of nitrogens with one attached hydrogen (secondary N) is 1. The fraction of sp³-hybridized carbons (Fsp3) is 0.136. The number of aryl methyl sites for hydroxylation is 3. The number of hydrogen-bond acceptors (Lipinski definition) is 3. The van der Waals surface area contributed by atoms with E-state index in [1.807, 2.05) is 57.2 Å². The predicted molar refractivity (Wildman–Crippen MR) is 102 cm³/mol. The van der Waals surface area contributed by atoms with Crippen LogP contribution in [0.3, 0.4) is 0 Å². The third kappa shape index (κ3) is 3.91. The summed E-state index contributed by atoms with van der Waals surface area (Å²) in [7, 11) is 0. The van der Waals surface area contributed by atoms with Crippen molar-refractivity contribution in [3.8, 4) is 11.5 Å². The highest BCUT2D eigenvalue weighted by molar-refractivity contribution is 5.90. The first-order valence-electron chi connectivity index (χ1n) is 8.34. The number of hydrogen-bond donors (Lipinski definition) is 1. The minimum Gasteiger partial charge on any atom is -0.456 e. The van der Waals surface area contributed by atoms with Gasteiger partial charge >= 0.3 is 0 Å². The molecule has 0 radical (unpaired) electrons. The van der Waals surface area contributed by atoms with Gasteiger partial charge in [0.1, 0.15) is 17.3 Å². The van der Waals surface area contributed by atoms with E-state index in [-0.39, 0.29) is 11.3 Å². The van der Waals surface area contributed by atoms with E-state index in [0.717, 1.165) is 22.4 Å². The summed E-state index contributed by atoms with van der Waals surface area (Å²) in [6.45, 7) is 5.90. The van der Waals surface area contributed by atoms with E-state index in [0.29, 0.717) is 17.7 Å². The van der Waals surface area contributed by atoms with Crippen molar-refractivity contribution in [2.45, 2.75) is 20.8 Å². The number of aldehydes is 1.